The lowest BCUT2D eigenvalue weighted by atomic mass is 10.2. The number of nitrogens with zero attached hydrogens (tertiary/aromatic N) is 3. The van der Waals surface area contributed by atoms with E-state index >= 15 is 0 Å². The van der Waals surface area contributed by atoms with Crippen LogP contribution in [0.5, 0.6) is 0 Å². The molecule has 0 saturated heterocycles. The van der Waals surface area contributed by atoms with Crippen molar-refractivity contribution in [1.82, 2.24) is 9.97 Å². The zero-order valence-electron chi connectivity index (χ0n) is 8.04. The Morgan fingerprint density at radius 3 is 2.87 bits per heavy atom. The predicted octanol–water partition coefficient (Wildman–Crippen LogP) is 1.16. The van der Waals surface area contributed by atoms with Crippen molar-refractivity contribution >= 4 is 17.7 Å². The quantitative estimate of drug-likeness (QED) is 0.771. The first kappa shape index (κ1) is 11.5. The van der Waals surface area contributed by atoms with Gasteiger partial charge in [-0.1, -0.05) is 6.92 Å². The smallest absolute Gasteiger partial charge is 0.307 e. The molecule has 0 bridgehead atoms. The molecular weight excluding hydrogens is 214 g/mol. The van der Waals surface area contributed by atoms with Gasteiger partial charge < -0.3 is 5.11 Å². The molecule has 1 rings (SSSR count). The van der Waals surface area contributed by atoms with Gasteiger partial charge in [0.15, 0.2) is 5.69 Å². The summed E-state index contributed by atoms with van der Waals surface area (Å²) in [5, 5.41) is 17.8. The van der Waals surface area contributed by atoms with Crippen LogP contribution in [0.15, 0.2) is 17.4 Å². The largest absolute Gasteiger partial charge is 0.481 e. The average Bonchev–Trinajstić information content (AvgIpc) is 2.26. The molecule has 0 aliphatic heterocycles. The minimum atomic E-state index is -0.830. The molecular formula is C9H9N3O2S. The molecule has 1 heterocycles. The Labute approximate surface area is 91.2 Å². The Kier molecular flexibility index (Phi) is 4.06. The van der Waals surface area contributed by atoms with E-state index in [1.807, 2.05) is 6.07 Å². The topological polar surface area (TPSA) is 86.9 Å². The maximum absolute atomic E-state index is 10.5. The molecule has 0 aromatic carbocycles. The maximum atomic E-state index is 10.5. The van der Waals surface area contributed by atoms with Gasteiger partial charge >= 0.3 is 5.97 Å². The van der Waals surface area contributed by atoms with Crippen LogP contribution in [0.3, 0.4) is 0 Å². The summed E-state index contributed by atoms with van der Waals surface area (Å²) < 4.78 is 0. The monoisotopic (exact) mass is 223 g/mol. The molecule has 0 spiro atoms. The van der Waals surface area contributed by atoms with Crippen LogP contribution in [-0.4, -0.2) is 26.8 Å². The molecule has 15 heavy (non-hydrogen) atoms. The summed E-state index contributed by atoms with van der Waals surface area (Å²) in [7, 11) is 0. The molecule has 0 fully saturated rings. The second-order valence-electron chi connectivity index (χ2n) is 2.90. The number of aliphatic carboxylic acids is 1. The van der Waals surface area contributed by atoms with E-state index in [1.165, 1.54) is 24.2 Å². The summed E-state index contributed by atoms with van der Waals surface area (Å²) in [6.45, 7) is 1.63. The molecule has 0 aliphatic carbocycles. The lowest BCUT2D eigenvalue weighted by Crippen LogP contribution is -2.11. The summed E-state index contributed by atoms with van der Waals surface area (Å²) in [4.78, 5) is 18.3. The zero-order valence-corrected chi connectivity index (χ0v) is 8.86. The van der Waals surface area contributed by atoms with E-state index in [2.05, 4.69) is 9.97 Å². The van der Waals surface area contributed by atoms with Crippen LogP contribution in [0.1, 0.15) is 12.6 Å². The summed E-state index contributed by atoms with van der Waals surface area (Å²) in [6.07, 6.45) is 2.84. The van der Waals surface area contributed by atoms with E-state index in [1.54, 1.807) is 6.92 Å². The van der Waals surface area contributed by atoms with Gasteiger partial charge in [0.25, 0.3) is 0 Å². The first-order chi connectivity index (χ1) is 7.13. The van der Waals surface area contributed by atoms with Crippen molar-refractivity contribution in [1.29, 1.82) is 5.26 Å². The standard InChI is InChI=1S/C9H9N3O2S/c1-6(9(13)14)5-15-8-4-11-7(2-10)3-12-8/h3-4,6H,5H2,1H3,(H,13,14). The van der Waals surface area contributed by atoms with Gasteiger partial charge in [-0.15, -0.1) is 11.8 Å². The van der Waals surface area contributed by atoms with Crippen molar-refractivity contribution in [3.8, 4) is 6.07 Å². The molecule has 5 nitrogen and oxygen atoms in total. The van der Waals surface area contributed by atoms with Crippen LogP contribution in [0.2, 0.25) is 0 Å². The Morgan fingerprint density at radius 2 is 2.40 bits per heavy atom. The van der Waals surface area contributed by atoms with Gasteiger partial charge in [0.05, 0.1) is 18.3 Å². The molecule has 0 radical (unpaired) electrons. The van der Waals surface area contributed by atoms with Crippen molar-refractivity contribution in [3.05, 3.63) is 18.1 Å². The molecule has 1 atom stereocenters. The van der Waals surface area contributed by atoms with E-state index in [4.69, 9.17) is 10.4 Å². The number of aromatic nitrogens is 2. The fourth-order valence-electron chi connectivity index (χ4n) is 0.730. The number of nitriles is 1. The van der Waals surface area contributed by atoms with Crippen LogP contribution in [0.25, 0.3) is 0 Å². The van der Waals surface area contributed by atoms with Crippen LogP contribution in [0.4, 0.5) is 0 Å². The van der Waals surface area contributed by atoms with Crippen LogP contribution in [0, 0.1) is 17.2 Å². The number of hydrogen-bond donors (Lipinski definition) is 1. The minimum absolute atomic E-state index is 0.255. The molecule has 1 aromatic rings. The third-order valence-corrected chi connectivity index (χ3v) is 2.82. The summed E-state index contributed by atoms with van der Waals surface area (Å²) in [5.74, 6) is -0.813. The molecule has 0 saturated carbocycles. The highest BCUT2D eigenvalue weighted by molar-refractivity contribution is 7.99. The molecule has 78 valence electrons. The van der Waals surface area contributed by atoms with Gasteiger partial charge in [0, 0.05) is 5.75 Å². The molecule has 1 aromatic heterocycles. The maximum Gasteiger partial charge on any atom is 0.307 e. The van der Waals surface area contributed by atoms with Crippen LogP contribution < -0.4 is 0 Å². The molecule has 0 amide bonds. The van der Waals surface area contributed by atoms with Crippen molar-refractivity contribution in [2.24, 2.45) is 5.92 Å². The van der Waals surface area contributed by atoms with Gasteiger partial charge in [0.1, 0.15) is 11.1 Å². The fourth-order valence-corrected chi connectivity index (χ4v) is 1.55. The highest BCUT2D eigenvalue weighted by atomic mass is 32.2. The Morgan fingerprint density at radius 1 is 1.67 bits per heavy atom. The third kappa shape index (κ3) is 3.56. The lowest BCUT2D eigenvalue weighted by Gasteiger charge is -2.04. The van der Waals surface area contributed by atoms with Crippen molar-refractivity contribution in [2.45, 2.75) is 11.9 Å². The van der Waals surface area contributed by atoms with Gasteiger partial charge in [-0.2, -0.15) is 5.26 Å². The fraction of sp³-hybridized carbons (Fsp3) is 0.333. The Bertz CT molecular complexity index is 385. The van der Waals surface area contributed by atoms with Crippen LogP contribution in [-0.2, 0) is 4.79 Å². The van der Waals surface area contributed by atoms with E-state index < -0.39 is 11.9 Å². The Balaban J connectivity index is 2.52. The highest BCUT2D eigenvalue weighted by Crippen LogP contribution is 2.17. The SMILES string of the molecule is CC(CSc1cnc(C#N)cn1)C(=O)O. The molecule has 0 aliphatic rings. The van der Waals surface area contributed by atoms with Crippen molar-refractivity contribution in [2.75, 3.05) is 5.75 Å². The number of hydrogen-bond acceptors (Lipinski definition) is 5. The summed E-state index contributed by atoms with van der Waals surface area (Å²) in [6, 6.07) is 1.86. The zero-order chi connectivity index (χ0) is 11.3. The molecule has 1 N–H and O–H groups in total. The second kappa shape index (κ2) is 5.32. The third-order valence-electron chi connectivity index (χ3n) is 1.65. The molecule has 1 unspecified atom stereocenters. The van der Waals surface area contributed by atoms with Crippen molar-refractivity contribution < 1.29 is 9.90 Å². The summed E-state index contributed by atoms with van der Waals surface area (Å²) >= 11 is 1.31. The number of carboxylic acid groups (broad SMARTS) is 1. The average molecular weight is 223 g/mol. The van der Waals surface area contributed by atoms with E-state index in [9.17, 15) is 4.79 Å². The number of rotatable bonds is 4. The highest BCUT2D eigenvalue weighted by Gasteiger charge is 2.11. The van der Waals surface area contributed by atoms with Gasteiger partial charge in [-0.3, -0.25) is 4.79 Å². The summed E-state index contributed by atoms with van der Waals surface area (Å²) in [5.41, 5.74) is 0.255. The number of carbonyl (C=O) groups is 1. The van der Waals surface area contributed by atoms with E-state index in [0.717, 1.165) is 0 Å². The first-order valence-electron chi connectivity index (χ1n) is 4.21. The minimum Gasteiger partial charge on any atom is -0.481 e. The van der Waals surface area contributed by atoms with E-state index in [-0.39, 0.29) is 5.69 Å². The van der Waals surface area contributed by atoms with E-state index in [0.29, 0.717) is 10.8 Å². The molecule has 6 heteroatoms. The Hall–Kier alpha value is -1.61. The first-order valence-corrected chi connectivity index (χ1v) is 5.19. The van der Waals surface area contributed by atoms with Crippen molar-refractivity contribution in [3.63, 3.8) is 0 Å². The number of carboxylic acids is 1. The van der Waals surface area contributed by atoms with Gasteiger partial charge in [-0.05, 0) is 0 Å². The normalized spacial score (nSPS) is 11.7. The lowest BCUT2D eigenvalue weighted by molar-refractivity contribution is -0.140. The van der Waals surface area contributed by atoms with Gasteiger partial charge in [-0.25, -0.2) is 9.97 Å². The predicted molar refractivity (Wildman–Crippen MR) is 54.3 cm³/mol. The van der Waals surface area contributed by atoms with Gasteiger partial charge in [0.2, 0.25) is 0 Å². The number of thioether (sulfide) groups is 1. The second-order valence-corrected chi connectivity index (χ2v) is 3.94. The van der Waals surface area contributed by atoms with Crippen LogP contribution >= 0.6 is 11.8 Å².